The van der Waals surface area contributed by atoms with Crippen LogP contribution in [-0.4, -0.2) is 23.4 Å². The van der Waals surface area contributed by atoms with Gasteiger partial charge in [0.15, 0.2) is 8.32 Å². The van der Waals surface area contributed by atoms with Crippen molar-refractivity contribution < 1.29 is 8.63 Å². The lowest BCUT2D eigenvalue weighted by Gasteiger charge is -2.41. The Labute approximate surface area is 152 Å². The predicted octanol–water partition coefficient (Wildman–Crippen LogP) is 5.19. The van der Waals surface area contributed by atoms with Crippen LogP contribution in [0.4, 0.5) is 0 Å². The molecular weight excluding hydrogens is 334 g/mol. The number of nitrogens with one attached hydrogen (secondary N) is 1. The van der Waals surface area contributed by atoms with Gasteiger partial charge in [0.05, 0.1) is 27.9 Å². The summed E-state index contributed by atoms with van der Waals surface area (Å²) in [4.78, 5) is 0. The molecule has 138 valence electrons. The summed E-state index contributed by atoms with van der Waals surface area (Å²) in [5, 5.41) is 0.145. The van der Waals surface area contributed by atoms with Gasteiger partial charge in [-0.1, -0.05) is 51.1 Å². The maximum Gasteiger partial charge on any atom is 0.192 e. The molecule has 1 N–H and O–H groups in total. The van der Waals surface area contributed by atoms with E-state index in [1.807, 2.05) is 39.0 Å². The summed E-state index contributed by atoms with van der Waals surface area (Å²) < 4.78 is 22.2. The van der Waals surface area contributed by atoms with Gasteiger partial charge in [0.25, 0.3) is 0 Å². The maximum absolute atomic E-state index is 12.7. The zero-order valence-corrected chi connectivity index (χ0v) is 18.6. The lowest BCUT2D eigenvalue weighted by molar-refractivity contribution is 0.163. The van der Waals surface area contributed by atoms with Crippen LogP contribution in [0.5, 0.6) is 0 Å². The van der Waals surface area contributed by atoms with Crippen molar-refractivity contribution in [2.24, 2.45) is 0 Å². The Morgan fingerprint density at radius 3 is 1.96 bits per heavy atom. The lowest BCUT2D eigenvalue weighted by atomic mass is 10.0. The smallest absolute Gasteiger partial charge is 0.192 e. The Morgan fingerprint density at radius 1 is 1.04 bits per heavy atom. The Hall–Kier alpha value is -0.493. The highest BCUT2D eigenvalue weighted by molar-refractivity contribution is 7.84. The molecule has 0 bridgehead atoms. The molecule has 0 aliphatic carbocycles. The van der Waals surface area contributed by atoms with Crippen LogP contribution in [0.2, 0.25) is 18.1 Å². The second-order valence-corrected chi connectivity index (χ2v) is 15.7. The van der Waals surface area contributed by atoms with Crippen LogP contribution in [0.3, 0.4) is 0 Å². The zero-order valence-electron chi connectivity index (χ0n) is 16.8. The summed E-state index contributed by atoms with van der Waals surface area (Å²) in [6, 6.07) is 10.1. The summed E-state index contributed by atoms with van der Waals surface area (Å²) in [5.41, 5.74) is 1.11. The molecule has 0 saturated heterocycles. The normalized spacial score (nSPS) is 17.4. The van der Waals surface area contributed by atoms with Gasteiger partial charge in [0.2, 0.25) is 0 Å². The van der Waals surface area contributed by atoms with Crippen molar-refractivity contribution >= 4 is 19.3 Å². The molecule has 0 aliphatic rings. The van der Waals surface area contributed by atoms with Crippen LogP contribution in [-0.2, 0) is 15.4 Å². The summed E-state index contributed by atoms with van der Waals surface area (Å²) in [6.07, 6.45) is -0.0559. The molecule has 0 aromatic heterocycles. The Morgan fingerprint density at radius 2 is 1.54 bits per heavy atom. The summed E-state index contributed by atoms with van der Waals surface area (Å²) >= 11 is 0. The van der Waals surface area contributed by atoms with Crippen molar-refractivity contribution in [3.8, 4) is 0 Å². The minimum Gasteiger partial charge on any atom is -0.412 e. The molecule has 0 spiro atoms. The third kappa shape index (κ3) is 5.79. The van der Waals surface area contributed by atoms with Crippen molar-refractivity contribution in [3.63, 3.8) is 0 Å². The average molecular weight is 370 g/mol. The quantitative estimate of drug-likeness (QED) is 0.701. The molecule has 5 heteroatoms. The van der Waals surface area contributed by atoms with Gasteiger partial charge in [-0.25, -0.2) is 8.93 Å². The molecule has 0 saturated carbocycles. The van der Waals surface area contributed by atoms with Gasteiger partial charge in [0.1, 0.15) is 0 Å². The van der Waals surface area contributed by atoms with Crippen LogP contribution < -0.4 is 4.72 Å². The van der Waals surface area contributed by atoms with E-state index in [0.717, 1.165) is 5.56 Å². The fourth-order valence-corrected chi connectivity index (χ4v) is 4.43. The van der Waals surface area contributed by atoms with E-state index in [1.54, 1.807) is 0 Å². The van der Waals surface area contributed by atoms with E-state index in [-0.39, 0.29) is 21.9 Å². The minimum atomic E-state index is -1.90. The largest absolute Gasteiger partial charge is 0.412 e. The third-order valence-corrected chi connectivity index (χ3v) is 10.9. The topological polar surface area (TPSA) is 38.3 Å². The van der Waals surface area contributed by atoms with Crippen LogP contribution >= 0.6 is 0 Å². The fraction of sp³-hybridized carbons (Fsp3) is 0.684. The van der Waals surface area contributed by atoms with Crippen LogP contribution in [0.15, 0.2) is 30.3 Å². The molecule has 0 amide bonds. The summed E-state index contributed by atoms with van der Waals surface area (Å²) in [7, 11) is -3.05. The first-order valence-corrected chi connectivity index (χ1v) is 12.7. The highest BCUT2D eigenvalue weighted by atomic mass is 32.2. The highest BCUT2D eigenvalue weighted by Crippen LogP contribution is 2.38. The molecule has 3 atom stereocenters. The number of hydrogen-bond acceptors (Lipinski definition) is 2. The van der Waals surface area contributed by atoms with E-state index < -0.39 is 19.3 Å². The van der Waals surface area contributed by atoms with Gasteiger partial charge >= 0.3 is 0 Å². The standard InChI is InChI=1S/C19H35NO2SSi/c1-15(22-24(8,9)19(5,6)7)17(16-13-11-10-12-14-16)20-23(21)18(2,3)4/h10-15,17,20H,1-9H3/t15-,17+,23?/m0/s1. The first kappa shape index (κ1) is 21.5. The molecule has 0 fully saturated rings. The maximum atomic E-state index is 12.7. The van der Waals surface area contributed by atoms with Gasteiger partial charge in [-0.05, 0) is 51.4 Å². The molecule has 0 aliphatic heterocycles. The molecule has 1 aromatic rings. The first-order chi connectivity index (χ1) is 10.8. The Bertz CT molecular complexity index is 547. The minimum absolute atomic E-state index is 0.0559. The summed E-state index contributed by atoms with van der Waals surface area (Å²) in [5.74, 6) is 0. The van der Waals surface area contributed by atoms with E-state index in [2.05, 4.69) is 57.6 Å². The predicted molar refractivity (Wildman–Crippen MR) is 108 cm³/mol. The van der Waals surface area contributed by atoms with E-state index in [9.17, 15) is 4.21 Å². The second kappa shape index (κ2) is 7.81. The van der Waals surface area contributed by atoms with Crippen LogP contribution in [0.25, 0.3) is 0 Å². The number of rotatable bonds is 6. The number of hydrogen-bond donors (Lipinski definition) is 1. The molecule has 0 radical (unpaired) electrons. The van der Waals surface area contributed by atoms with Crippen molar-refractivity contribution in [2.45, 2.75) is 83.5 Å². The van der Waals surface area contributed by atoms with Crippen LogP contribution in [0.1, 0.15) is 60.1 Å². The van der Waals surface area contributed by atoms with Gasteiger partial charge in [0, 0.05) is 0 Å². The Balaban J connectivity index is 3.08. The molecule has 1 unspecified atom stereocenters. The van der Waals surface area contributed by atoms with Gasteiger partial charge in [-0.3, -0.25) is 0 Å². The van der Waals surface area contributed by atoms with E-state index in [4.69, 9.17) is 4.43 Å². The van der Waals surface area contributed by atoms with Crippen molar-refractivity contribution in [3.05, 3.63) is 35.9 Å². The molecule has 1 aromatic carbocycles. The van der Waals surface area contributed by atoms with Gasteiger partial charge in [-0.2, -0.15) is 0 Å². The van der Waals surface area contributed by atoms with Crippen molar-refractivity contribution in [1.29, 1.82) is 0 Å². The van der Waals surface area contributed by atoms with Crippen molar-refractivity contribution in [1.82, 2.24) is 4.72 Å². The van der Waals surface area contributed by atoms with E-state index in [1.165, 1.54) is 0 Å². The molecule has 24 heavy (non-hydrogen) atoms. The van der Waals surface area contributed by atoms with Crippen molar-refractivity contribution in [2.75, 3.05) is 0 Å². The average Bonchev–Trinajstić information content (AvgIpc) is 2.42. The zero-order chi connectivity index (χ0) is 18.8. The van der Waals surface area contributed by atoms with Gasteiger partial charge < -0.3 is 4.43 Å². The third-order valence-electron chi connectivity index (χ3n) is 4.71. The molecule has 3 nitrogen and oxygen atoms in total. The van der Waals surface area contributed by atoms with Gasteiger partial charge in [-0.15, -0.1) is 0 Å². The highest BCUT2D eigenvalue weighted by Gasteiger charge is 2.40. The lowest BCUT2D eigenvalue weighted by Crippen LogP contribution is -2.48. The van der Waals surface area contributed by atoms with Crippen LogP contribution in [0, 0.1) is 0 Å². The fourth-order valence-electron chi connectivity index (χ4n) is 2.10. The second-order valence-electron chi connectivity index (χ2n) is 8.97. The molecule has 0 heterocycles. The molecular formula is C19H35NO2SSi. The summed E-state index contributed by atoms with van der Waals surface area (Å²) in [6.45, 7) is 19.3. The SMILES string of the molecule is C[C@H](O[Si](C)(C)C(C)(C)C)[C@@H](NS(=O)C(C)(C)C)c1ccccc1. The monoisotopic (exact) mass is 369 g/mol. The molecule has 1 rings (SSSR count). The van der Waals surface area contributed by atoms with E-state index in [0.29, 0.717) is 0 Å². The Kier molecular flexibility index (Phi) is 7.01. The number of benzene rings is 1. The van der Waals surface area contributed by atoms with E-state index >= 15 is 0 Å². The first-order valence-electron chi connectivity index (χ1n) is 8.66.